The van der Waals surface area contributed by atoms with Crippen LogP contribution in [0.3, 0.4) is 0 Å². The molecular weight excluding hydrogens is 168 g/mol. The summed E-state index contributed by atoms with van der Waals surface area (Å²) in [6.07, 6.45) is 0. The average molecular weight is 176 g/mol. The topological polar surface area (TPSA) is 0 Å². The first kappa shape index (κ1) is 7.57. The third-order valence-corrected chi connectivity index (χ3v) is 2.52. The van der Waals surface area contributed by atoms with Gasteiger partial charge in [0, 0.05) is 0 Å². The molecule has 0 aliphatic heterocycles. The van der Waals surface area contributed by atoms with Crippen molar-refractivity contribution in [1.82, 2.24) is 0 Å². The summed E-state index contributed by atoms with van der Waals surface area (Å²) in [4.78, 5) is 0. The van der Waals surface area contributed by atoms with E-state index in [-0.39, 0.29) is 0 Å². The first-order valence-electron chi connectivity index (χ1n) is 4.64. The lowest BCUT2D eigenvalue weighted by Crippen LogP contribution is -1.76. The van der Waals surface area contributed by atoms with Crippen molar-refractivity contribution >= 4 is 21.5 Å². The van der Waals surface area contributed by atoms with E-state index in [0.29, 0.717) is 0 Å². The fourth-order valence-electron chi connectivity index (χ4n) is 1.83. The van der Waals surface area contributed by atoms with Gasteiger partial charge < -0.3 is 0 Å². The molecule has 64 valence electrons. The summed E-state index contributed by atoms with van der Waals surface area (Å²) >= 11 is 0. The first-order valence-corrected chi connectivity index (χ1v) is 4.64. The molecular formula is C14H8. The third kappa shape index (κ3) is 1.01. The van der Waals surface area contributed by atoms with Gasteiger partial charge in [-0.1, -0.05) is 36.4 Å². The van der Waals surface area contributed by atoms with Gasteiger partial charge >= 0.3 is 0 Å². The molecule has 0 spiro atoms. The van der Waals surface area contributed by atoms with Crippen LogP contribution in [0.1, 0.15) is 0 Å². The van der Waals surface area contributed by atoms with Gasteiger partial charge in [-0.3, -0.25) is 0 Å². The predicted octanol–water partition coefficient (Wildman–Crippen LogP) is 3.59. The molecule has 0 aromatic heterocycles. The van der Waals surface area contributed by atoms with E-state index in [1.807, 2.05) is 24.3 Å². The molecule has 0 aliphatic carbocycles. The molecule has 0 heterocycles. The molecule has 0 unspecified atom stereocenters. The molecule has 14 heavy (non-hydrogen) atoms. The lowest BCUT2D eigenvalue weighted by molar-refractivity contribution is 1.75. The molecule has 3 aromatic carbocycles. The van der Waals surface area contributed by atoms with Crippen LogP contribution in [-0.4, -0.2) is 0 Å². The van der Waals surface area contributed by atoms with Gasteiger partial charge in [-0.25, -0.2) is 0 Å². The van der Waals surface area contributed by atoms with E-state index in [2.05, 4.69) is 36.4 Å². The second-order valence-electron chi connectivity index (χ2n) is 3.36. The third-order valence-electron chi connectivity index (χ3n) is 2.52. The Morgan fingerprint density at radius 1 is 0.643 bits per heavy atom. The summed E-state index contributed by atoms with van der Waals surface area (Å²) in [6, 6.07) is 22.6. The monoisotopic (exact) mass is 176 g/mol. The van der Waals surface area contributed by atoms with Crippen molar-refractivity contribution in [3.63, 3.8) is 0 Å². The highest BCUT2D eigenvalue weighted by Gasteiger charge is 1.97. The zero-order valence-electron chi connectivity index (χ0n) is 7.62. The summed E-state index contributed by atoms with van der Waals surface area (Å²) < 4.78 is 0. The Morgan fingerprint density at radius 3 is 1.64 bits per heavy atom. The van der Waals surface area contributed by atoms with Crippen LogP contribution >= 0.6 is 0 Å². The van der Waals surface area contributed by atoms with E-state index in [1.165, 1.54) is 21.5 Å². The lowest BCUT2D eigenvalue weighted by Gasteiger charge is -2.01. The molecule has 0 N–H and O–H groups in total. The minimum absolute atomic E-state index is 1.24. The van der Waals surface area contributed by atoms with Gasteiger partial charge in [-0.2, -0.15) is 0 Å². The van der Waals surface area contributed by atoms with Gasteiger partial charge in [0.2, 0.25) is 0 Å². The van der Waals surface area contributed by atoms with Crippen LogP contribution in [0.15, 0.2) is 48.5 Å². The van der Waals surface area contributed by atoms with Gasteiger partial charge in [0.1, 0.15) is 0 Å². The van der Waals surface area contributed by atoms with E-state index < -0.39 is 0 Å². The molecule has 0 nitrogen and oxygen atoms in total. The number of benzene rings is 3. The molecule has 0 amide bonds. The Labute approximate surface area is 82.8 Å². The molecule has 3 aromatic rings. The van der Waals surface area contributed by atoms with Crippen LogP contribution in [0, 0.1) is 12.1 Å². The van der Waals surface area contributed by atoms with Crippen LogP contribution in [0.4, 0.5) is 0 Å². The fourth-order valence-corrected chi connectivity index (χ4v) is 1.83. The number of rotatable bonds is 0. The second-order valence-corrected chi connectivity index (χ2v) is 3.36. The number of hydrogen-bond donors (Lipinski definition) is 0. The maximum absolute atomic E-state index is 3.09. The standard InChI is InChI=1S/C14H8/c1-3-7-13-11(5-1)9-10-12-6-2-4-8-14(12)13/h3-10H. The second kappa shape index (κ2) is 2.85. The Balaban J connectivity index is 2.61. The Kier molecular flexibility index (Phi) is 1.54. The van der Waals surface area contributed by atoms with Crippen molar-refractivity contribution in [3.05, 3.63) is 60.7 Å². The molecule has 2 radical (unpaired) electrons. The molecule has 0 fully saturated rings. The number of fused-ring (bicyclic) bond motifs is 3. The van der Waals surface area contributed by atoms with Crippen LogP contribution in [0.5, 0.6) is 0 Å². The average Bonchev–Trinajstić information content (AvgIpc) is 2.29. The van der Waals surface area contributed by atoms with E-state index in [4.69, 9.17) is 0 Å². The SMILES string of the molecule is [c]1ccc2c(c1)ccc1c[c]ccc12. The van der Waals surface area contributed by atoms with E-state index >= 15 is 0 Å². The molecule has 0 heteroatoms. The largest absolute Gasteiger partial charge is 0.0537 e. The minimum atomic E-state index is 1.24. The van der Waals surface area contributed by atoms with Crippen LogP contribution in [0.2, 0.25) is 0 Å². The van der Waals surface area contributed by atoms with Crippen molar-refractivity contribution < 1.29 is 0 Å². The summed E-state index contributed by atoms with van der Waals surface area (Å²) in [5, 5.41) is 5.06. The molecule has 0 aliphatic rings. The Bertz CT molecular complexity index is 539. The lowest BCUT2D eigenvalue weighted by atomic mass is 10.0. The van der Waals surface area contributed by atoms with Crippen molar-refractivity contribution in [2.75, 3.05) is 0 Å². The summed E-state index contributed by atoms with van der Waals surface area (Å²) in [7, 11) is 0. The van der Waals surface area contributed by atoms with E-state index in [1.54, 1.807) is 0 Å². The predicted molar refractivity (Wildman–Crippen MR) is 59.1 cm³/mol. The maximum Gasteiger partial charge on any atom is -0.0105 e. The normalized spacial score (nSPS) is 10.9. The van der Waals surface area contributed by atoms with Crippen LogP contribution < -0.4 is 0 Å². The summed E-state index contributed by atoms with van der Waals surface area (Å²) in [5.41, 5.74) is 0. The van der Waals surface area contributed by atoms with Gasteiger partial charge in [-0.05, 0) is 45.8 Å². The zero-order chi connectivity index (χ0) is 9.38. The Morgan fingerprint density at radius 2 is 1.14 bits per heavy atom. The van der Waals surface area contributed by atoms with Crippen molar-refractivity contribution in [2.24, 2.45) is 0 Å². The van der Waals surface area contributed by atoms with Crippen molar-refractivity contribution in [2.45, 2.75) is 0 Å². The van der Waals surface area contributed by atoms with Crippen molar-refractivity contribution in [1.29, 1.82) is 0 Å². The first-order chi connectivity index (χ1) is 6.95. The van der Waals surface area contributed by atoms with Crippen LogP contribution in [-0.2, 0) is 0 Å². The van der Waals surface area contributed by atoms with Gasteiger partial charge in [0.15, 0.2) is 0 Å². The molecule has 0 atom stereocenters. The molecule has 3 rings (SSSR count). The zero-order valence-corrected chi connectivity index (χ0v) is 7.62. The van der Waals surface area contributed by atoms with Gasteiger partial charge in [0.25, 0.3) is 0 Å². The van der Waals surface area contributed by atoms with Gasteiger partial charge in [0.05, 0.1) is 0 Å². The Hall–Kier alpha value is -1.82. The highest BCUT2D eigenvalue weighted by molar-refractivity contribution is 6.07. The summed E-state index contributed by atoms with van der Waals surface area (Å²) in [6.45, 7) is 0. The summed E-state index contributed by atoms with van der Waals surface area (Å²) in [5.74, 6) is 0. The van der Waals surface area contributed by atoms with Gasteiger partial charge in [-0.15, -0.1) is 0 Å². The molecule has 0 saturated heterocycles. The quantitative estimate of drug-likeness (QED) is 0.459. The fraction of sp³-hybridized carbons (Fsp3) is 0. The smallest absolute Gasteiger partial charge is 0.0105 e. The number of hydrogen-bond acceptors (Lipinski definition) is 0. The minimum Gasteiger partial charge on any atom is -0.0537 e. The van der Waals surface area contributed by atoms with Crippen LogP contribution in [0.25, 0.3) is 21.5 Å². The van der Waals surface area contributed by atoms with E-state index in [0.717, 1.165) is 0 Å². The maximum atomic E-state index is 3.09. The molecule has 0 bridgehead atoms. The molecule has 0 saturated carbocycles. The van der Waals surface area contributed by atoms with Crippen molar-refractivity contribution in [3.8, 4) is 0 Å². The van der Waals surface area contributed by atoms with E-state index in [9.17, 15) is 0 Å². The highest BCUT2D eigenvalue weighted by atomic mass is 14.0. The highest BCUT2D eigenvalue weighted by Crippen LogP contribution is 2.24.